The Balaban J connectivity index is 1.65. The molecule has 4 rings (SSSR count). The first-order valence-electron chi connectivity index (χ1n) is 10.1. The molecule has 0 saturated heterocycles. The van der Waals surface area contributed by atoms with Crippen LogP contribution in [0, 0.1) is 11.6 Å². The standard InChI is InChI=1S/C24H17ClF2N4O3/c1-13(32)21-10-20(24(34)28-11-14-6-7-18(26)19(27)8-14)30-23-16(12-29-31(21)23)22(33)9-15-4-2-3-5-17(15)25/h2-8,10,12H,9,11H2,1H3,(H,28,34). The molecule has 1 N–H and O–H groups in total. The van der Waals surface area contributed by atoms with Crippen LogP contribution in [0.2, 0.25) is 5.02 Å². The van der Waals surface area contributed by atoms with Crippen molar-refractivity contribution >= 4 is 34.7 Å². The molecule has 2 heterocycles. The third kappa shape index (κ3) is 4.69. The Morgan fingerprint density at radius 1 is 1.06 bits per heavy atom. The number of nitrogens with one attached hydrogen (secondary N) is 1. The highest BCUT2D eigenvalue weighted by atomic mass is 35.5. The Kier molecular flexibility index (Phi) is 6.47. The highest BCUT2D eigenvalue weighted by molar-refractivity contribution is 6.31. The van der Waals surface area contributed by atoms with Crippen LogP contribution in [-0.2, 0) is 13.0 Å². The fourth-order valence-corrected chi connectivity index (χ4v) is 3.56. The minimum atomic E-state index is -1.04. The van der Waals surface area contributed by atoms with Crippen LogP contribution in [0.4, 0.5) is 8.78 Å². The average Bonchev–Trinajstić information content (AvgIpc) is 3.24. The van der Waals surface area contributed by atoms with Gasteiger partial charge in [0.05, 0.1) is 11.8 Å². The van der Waals surface area contributed by atoms with Crippen LogP contribution in [0.5, 0.6) is 0 Å². The third-order valence-electron chi connectivity index (χ3n) is 5.11. The van der Waals surface area contributed by atoms with E-state index in [9.17, 15) is 23.2 Å². The Morgan fingerprint density at radius 3 is 2.53 bits per heavy atom. The van der Waals surface area contributed by atoms with Gasteiger partial charge in [0.25, 0.3) is 5.91 Å². The summed E-state index contributed by atoms with van der Waals surface area (Å²) < 4.78 is 27.7. The molecule has 0 atom stereocenters. The second-order valence-corrected chi connectivity index (χ2v) is 7.91. The maximum Gasteiger partial charge on any atom is 0.270 e. The molecular weight excluding hydrogens is 466 g/mol. The first kappa shape index (κ1) is 23.2. The van der Waals surface area contributed by atoms with Gasteiger partial charge in [-0.05, 0) is 35.4 Å². The number of Topliss-reactive ketones (excluding diaryl/α,β-unsaturated/α-hetero) is 2. The smallest absolute Gasteiger partial charge is 0.270 e. The van der Waals surface area contributed by atoms with Crippen molar-refractivity contribution in [2.24, 2.45) is 0 Å². The minimum absolute atomic E-state index is 0.0231. The molecular formula is C24H17ClF2N4O3. The van der Waals surface area contributed by atoms with E-state index in [1.165, 1.54) is 29.8 Å². The highest BCUT2D eigenvalue weighted by Crippen LogP contribution is 2.20. The lowest BCUT2D eigenvalue weighted by molar-refractivity contribution is 0.0943. The van der Waals surface area contributed by atoms with Crippen LogP contribution in [-0.4, -0.2) is 32.1 Å². The van der Waals surface area contributed by atoms with E-state index >= 15 is 0 Å². The number of carbonyl (C=O) groups excluding carboxylic acids is 3. The zero-order chi connectivity index (χ0) is 24.4. The van der Waals surface area contributed by atoms with Gasteiger partial charge in [-0.1, -0.05) is 35.9 Å². The summed E-state index contributed by atoms with van der Waals surface area (Å²) in [7, 11) is 0. The van der Waals surface area contributed by atoms with Gasteiger partial charge in [0.1, 0.15) is 11.4 Å². The van der Waals surface area contributed by atoms with Crippen molar-refractivity contribution in [2.75, 3.05) is 0 Å². The van der Waals surface area contributed by atoms with Crippen molar-refractivity contribution < 1.29 is 23.2 Å². The van der Waals surface area contributed by atoms with E-state index < -0.39 is 23.3 Å². The molecule has 4 aromatic rings. The van der Waals surface area contributed by atoms with Crippen molar-refractivity contribution in [3.05, 3.63) is 99.5 Å². The minimum Gasteiger partial charge on any atom is -0.347 e. The first-order chi connectivity index (χ1) is 16.2. The zero-order valence-electron chi connectivity index (χ0n) is 17.8. The molecule has 34 heavy (non-hydrogen) atoms. The van der Waals surface area contributed by atoms with Crippen molar-refractivity contribution in [3.63, 3.8) is 0 Å². The fraction of sp³-hybridized carbons (Fsp3) is 0.125. The zero-order valence-corrected chi connectivity index (χ0v) is 18.6. The van der Waals surface area contributed by atoms with E-state index in [1.807, 2.05) is 0 Å². The normalized spacial score (nSPS) is 10.9. The summed E-state index contributed by atoms with van der Waals surface area (Å²) in [6.45, 7) is 1.19. The third-order valence-corrected chi connectivity index (χ3v) is 5.48. The topological polar surface area (TPSA) is 93.4 Å². The summed E-state index contributed by atoms with van der Waals surface area (Å²) in [5.41, 5.74) is 1.04. The molecule has 2 aromatic heterocycles. The summed E-state index contributed by atoms with van der Waals surface area (Å²) in [5, 5.41) is 7.09. The molecule has 0 radical (unpaired) electrons. The maximum atomic E-state index is 13.4. The molecule has 10 heteroatoms. The fourth-order valence-electron chi connectivity index (χ4n) is 3.36. The van der Waals surface area contributed by atoms with Gasteiger partial charge in [0.2, 0.25) is 0 Å². The lowest BCUT2D eigenvalue weighted by atomic mass is 10.1. The van der Waals surface area contributed by atoms with E-state index in [4.69, 9.17) is 11.6 Å². The lowest BCUT2D eigenvalue weighted by Gasteiger charge is -2.08. The largest absolute Gasteiger partial charge is 0.347 e. The molecule has 0 aliphatic rings. The molecule has 0 aliphatic carbocycles. The molecule has 0 saturated carbocycles. The summed E-state index contributed by atoms with van der Waals surface area (Å²) in [4.78, 5) is 42.2. The summed E-state index contributed by atoms with van der Waals surface area (Å²) in [6.07, 6.45) is 1.27. The SMILES string of the molecule is CC(=O)c1cc(C(=O)NCc2ccc(F)c(F)c2)nc2c(C(=O)Cc3ccccc3Cl)cnn12. The number of rotatable bonds is 7. The van der Waals surface area contributed by atoms with E-state index in [2.05, 4.69) is 15.4 Å². The Bertz CT molecular complexity index is 1450. The molecule has 0 spiro atoms. The van der Waals surface area contributed by atoms with Crippen molar-refractivity contribution in [3.8, 4) is 0 Å². The number of ketones is 2. The number of nitrogens with zero attached hydrogens (tertiary/aromatic N) is 3. The quantitative estimate of drug-likeness (QED) is 0.398. The van der Waals surface area contributed by atoms with E-state index in [1.54, 1.807) is 24.3 Å². The first-order valence-corrected chi connectivity index (χ1v) is 10.5. The van der Waals surface area contributed by atoms with Gasteiger partial charge in [0.15, 0.2) is 28.8 Å². The van der Waals surface area contributed by atoms with Gasteiger partial charge in [-0.25, -0.2) is 18.3 Å². The average molecular weight is 483 g/mol. The molecule has 0 bridgehead atoms. The molecule has 1 amide bonds. The molecule has 0 fully saturated rings. The number of hydrogen-bond acceptors (Lipinski definition) is 5. The highest BCUT2D eigenvalue weighted by Gasteiger charge is 2.21. The van der Waals surface area contributed by atoms with Gasteiger partial charge < -0.3 is 5.32 Å². The van der Waals surface area contributed by atoms with Gasteiger partial charge in [0, 0.05) is 24.9 Å². The van der Waals surface area contributed by atoms with Crippen molar-refractivity contribution in [2.45, 2.75) is 19.9 Å². The number of aromatic nitrogens is 3. The number of hydrogen-bond donors (Lipinski definition) is 1. The van der Waals surface area contributed by atoms with Gasteiger partial charge >= 0.3 is 0 Å². The lowest BCUT2D eigenvalue weighted by Crippen LogP contribution is -2.25. The molecule has 172 valence electrons. The molecule has 2 aromatic carbocycles. The van der Waals surface area contributed by atoms with Gasteiger partial charge in [-0.15, -0.1) is 0 Å². The van der Waals surface area contributed by atoms with Crippen molar-refractivity contribution in [1.82, 2.24) is 19.9 Å². The second-order valence-electron chi connectivity index (χ2n) is 7.50. The monoisotopic (exact) mass is 482 g/mol. The van der Waals surface area contributed by atoms with Gasteiger partial charge in [-0.3, -0.25) is 14.4 Å². The van der Waals surface area contributed by atoms with Crippen molar-refractivity contribution in [1.29, 1.82) is 0 Å². The predicted octanol–water partition coefficient (Wildman–Crippen LogP) is 4.22. The van der Waals surface area contributed by atoms with E-state index in [0.29, 0.717) is 16.1 Å². The van der Waals surface area contributed by atoms with E-state index in [0.717, 1.165) is 12.1 Å². The summed E-state index contributed by atoms with van der Waals surface area (Å²) >= 11 is 6.15. The number of benzene rings is 2. The van der Waals surface area contributed by atoms with Crippen LogP contribution < -0.4 is 5.32 Å². The Labute approximate surface area is 197 Å². The van der Waals surface area contributed by atoms with Crippen LogP contribution >= 0.6 is 11.6 Å². The Hall–Kier alpha value is -3.98. The molecule has 0 unspecified atom stereocenters. The Morgan fingerprint density at radius 2 is 1.82 bits per heavy atom. The van der Waals surface area contributed by atoms with Crippen LogP contribution in [0.1, 0.15) is 49.4 Å². The number of amides is 1. The van der Waals surface area contributed by atoms with Crippen LogP contribution in [0.3, 0.4) is 0 Å². The van der Waals surface area contributed by atoms with Crippen LogP contribution in [0.15, 0.2) is 54.7 Å². The maximum absolute atomic E-state index is 13.4. The van der Waals surface area contributed by atoms with E-state index in [-0.39, 0.29) is 41.3 Å². The number of carbonyl (C=O) groups is 3. The summed E-state index contributed by atoms with van der Waals surface area (Å²) in [5.74, 6) is -3.44. The van der Waals surface area contributed by atoms with Gasteiger partial charge in [-0.2, -0.15) is 5.10 Å². The number of halogens is 3. The number of fused-ring (bicyclic) bond motifs is 1. The summed E-state index contributed by atoms with van der Waals surface area (Å²) in [6, 6.07) is 11.4. The molecule has 0 aliphatic heterocycles. The van der Waals surface area contributed by atoms with Crippen LogP contribution in [0.25, 0.3) is 5.65 Å². The molecule has 7 nitrogen and oxygen atoms in total. The predicted molar refractivity (Wildman–Crippen MR) is 120 cm³/mol. The second kappa shape index (κ2) is 9.48.